The van der Waals surface area contributed by atoms with E-state index in [0.717, 1.165) is 48.5 Å². The summed E-state index contributed by atoms with van der Waals surface area (Å²) in [5.74, 6) is -4.24. The lowest BCUT2D eigenvalue weighted by Crippen LogP contribution is -2.14. The van der Waals surface area contributed by atoms with E-state index in [1.54, 1.807) is 0 Å². The smallest absolute Gasteiger partial charge is 0.343 e. The quantitative estimate of drug-likeness (QED) is 0.111. The molecule has 0 spiro atoms. The van der Waals surface area contributed by atoms with Crippen LogP contribution in [0.1, 0.15) is 31.1 Å². The third kappa shape index (κ3) is 6.73. The highest BCUT2D eigenvalue weighted by Crippen LogP contribution is 2.34. The summed E-state index contributed by atoms with van der Waals surface area (Å²) >= 11 is 0. The second-order valence-corrected chi connectivity index (χ2v) is 8.20. The van der Waals surface area contributed by atoms with Gasteiger partial charge in [-0.05, 0) is 30.3 Å². The lowest BCUT2D eigenvalue weighted by atomic mass is 10.2. The summed E-state index contributed by atoms with van der Waals surface area (Å²) in [5.41, 5.74) is -1.76. The topological polar surface area (TPSA) is 208 Å². The molecule has 42 heavy (non-hydrogen) atoms. The second kappa shape index (κ2) is 12.1. The molecule has 0 aliphatic rings. The predicted molar refractivity (Wildman–Crippen MR) is 141 cm³/mol. The molecule has 4 rings (SSSR count). The standard InChI is InChI=1S/C27H15N3O12/c31-25(16-4-1-7-19(12-16)28(34)35)40-22-10-11-23(41-26(32)17-5-2-8-20(13-17)29(36)37)24(15-22)42-27(33)18-6-3-9-21(14-18)30(38)39/h1-15H. The molecule has 0 bridgehead atoms. The maximum Gasteiger partial charge on any atom is 0.343 e. The summed E-state index contributed by atoms with van der Waals surface area (Å²) in [7, 11) is 0. The number of nitro benzene ring substituents is 3. The number of carbonyl (C=O) groups excluding carboxylic acids is 3. The van der Waals surface area contributed by atoms with Crippen molar-refractivity contribution in [2.24, 2.45) is 0 Å². The highest BCUT2D eigenvalue weighted by molar-refractivity contribution is 5.94. The average molecular weight is 573 g/mol. The fraction of sp³-hybridized carbons (Fsp3) is 0. The van der Waals surface area contributed by atoms with Crippen molar-refractivity contribution in [2.75, 3.05) is 0 Å². The zero-order chi connectivity index (χ0) is 30.4. The highest BCUT2D eigenvalue weighted by atomic mass is 16.6. The summed E-state index contributed by atoms with van der Waals surface area (Å²) in [5, 5.41) is 33.2. The molecule has 0 N–H and O–H groups in total. The molecule has 0 unspecified atom stereocenters. The molecule has 0 fully saturated rings. The summed E-state index contributed by atoms with van der Waals surface area (Å²) in [6, 6.07) is 17.2. The molecule has 0 amide bonds. The first kappa shape index (κ1) is 28.5. The van der Waals surface area contributed by atoms with Crippen LogP contribution >= 0.6 is 0 Å². The summed E-state index contributed by atoms with van der Waals surface area (Å²) in [6.07, 6.45) is 0. The number of benzene rings is 4. The number of ether oxygens (including phenoxy) is 3. The average Bonchev–Trinajstić information content (AvgIpc) is 2.98. The fourth-order valence-corrected chi connectivity index (χ4v) is 3.44. The molecule has 0 aromatic heterocycles. The highest BCUT2D eigenvalue weighted by Gasteiger charge is 2.21. The van der Waals surface area contributed by atoms with Crippen molar-refractivity contribution in [3.05, 3.63) is 138 Å². The van der Waals surface area contributed by atoms with E-state index < -0.39 is 44.1 Å². The van der Waals surface area contributed by atoms with Crippen LogP contribution in [0, 0.1) is 30.3 Å². The molecule has 210 valence electrons. The van der Waals surface area contributed by atoms with Crippen molar-refractivity contribution in [3.8, 4) is 17.2 Å². The Morgan fingerprint density at radius 2 is 0.857 bits per heavy atom. The first-order chi connectivity index (χ1) is 20.0. The lowest BCUT2D eigenvalue weighted by molar-refractivity contribution is -0.385. The summed E-state index contributed by atoms with van der Waals surface area (Å²) in [4.78, 5) is 69.3. The monoisotopic (exact) mass is 573 g/mol. The van der Waals surface area contributed by atoms with Crippen LogP contribution in [-0.4, -0.2) is 32.7 Å². The van der Waals surface area contributed by atoms with Crippen LogP contribution in [0.15, 0.2) is 91.0 Å². The van der Waals surface area contributed by atoms with Gasteiger partial charge in [0.05, 0.1) is 31.5 Å². The Morgan fingerprint density at radius 3 is 1.26 bits per heavy atom. The van der Waals surface area contributed by atoms with Gasteiger partial charge in [-0.3, -0.25) is 30.3 Å². The number of nitro groups is 3. The molecule has 0 saturated heterocycles. The van der Waals surface area contributed by atoms with Crippen molar-refractivity contribution in [2.45, 2.75) is 0 Å². The molecule has 4 aromatic carbocycles. The van der Waals surface area contributed by atoms with E-state index in [9.17, 15) is 44.7 Å². The Labute approximate surface area is 233 Å². The summed E-state index contributed by atoms with van der Waals surface area (Å²) < 4.78 is 15.8. The van der Waals surface area contributed by atoms with Gasteiger partial charge in [0.15, 0.2) is 11.5 Å². The minimum absolute atomic E-state index is 0.166. The maximum atomic E-state index is 12.8. The predicted octanol–water partition coefficient (Wildman–Crippen LogP) is 5.07. The first-order valence-corrected chi connectivity index (χ1v) is 11.6. The largest absolute Gasteiger partial charge is 0.423 e. The summed E-state index contributed by atoms with van der Waals surface area (Å²) in [6.45, 7) is 0. The Bertz CT molecular complexity index is 1770. The maximum absolute atomic E-state index is 12.8. The Hall–Kier alpha value is -6.51. The number of nitrogens with zero attached hydrogens (tertiary/aromatic N) is 3. The van der Waals surface area contributed by atoms with Gasteiger partial charge in [0.25, 0.3) is 17.1 Å². The van der Waals surface area contributed by atoms with E-state index >= 15 is 0 Å². The minimum Gasteiger partial charge on any atom is -0.423 e. The third-order valence-electron chi connectivity index (χ3n) is 5.41. The van der Waals surface area contributed by atoms with E-state index in [1.165, 1.54) is 42.5 Å². The van der Waals surface area contributed by atoms with Gasteiger partial charge in [-0.25, -0.2) is 14.4 Å². The number of esters is 3. The van der Waals surface area contributed by atoms with Crippen molar-refractivity contribution in [1.82, 2.24) is 0 Å². The van der Waals surface area contributed by atoms with Crippen LogP contribution < -0.4 is 14.2 Å². The number of non-ortho nitro benzene ring substituents is 3. The molecule has 0 saturated carbocycles. The van der Waals surface area contributed by atoms with Gasteiger partial charge in [-0.15, -0.1) is 0 Å². The van der Waals surface area contributed by atoms with Gasteiger partial charge in [-0.1, -0.05) is 18.2 Å². The number of hydrogen-bond acceptors (Lipinski definition) is 12. The molecular formula is C27H15N3O12. The Balaban J connectivity index is 1.66. The Kier molecular flexibility index (Phi) is 8.22. The Morgan fingerprint density at radius 1 is 0.476 bits per heavy atom. The van der Waals surface area contributed by atoms with Crippen LogP contribution in [-0.2, 0) is 0 Å². The lowest BCUT2D eigenvalue weighted by Gasteiger charge is -2.13. The molecule has 15 heteroatoms. The molecule has 0 radical (unpaired) electrons. The molecule has 4 aromatic rings. The fourth-order valence-electron chi connectivity index (χ4n) is 3.44. The first-order valence-electron chi connectivity index (χ1n) is 11.6. The van der Waals surface area contributed by atoms with Gasteiger partial charge in [0.2, 0.25) is 0 Å². The van der Waals surface area contributed by atoms with Crippen LogP contribution in [0.5, 0.6) is 17.2 Å². The SMILES string of the molecule is O=C(Oc1ccc(OC(=O)c2cccc([N+](=O)[O-])c2)c(OC(=O)c2cccc([N+](=O)[O-])c2)c1)c1cccc([N+](=O)[O-])c1. The van der Waals surface area contributed by atoms with Crippen LogP contribution in [0.4, 0.5) is 17.1 Å². The van der Waals surface area contributed by atoms with Gasteiger partial charge in [0.1, 0.15) is 5.75 Å². The van der Waals surface area contributed by atoms with E-state index in [2.05, 4.69) is 0 Å². The van der Waals surface area contributed by atoms with Gasteiger partial charge in [-0.2, -0.15) is 0 Å². The zero-order valence-corrected chi connectivity index (χ0v) is 20.9. The molecule has 0 heterocycles. The molecule has 0 atom stereocenters. The number of rotatable bonds is 9. The second-order valence-electron chi connectivity index (χ2n) is 8.20. The van der Waals surface area contributed by atoms with Gasteiger partial charge in [0, 0.05) is 42.5 Å². The molecule has 0 aliphatic heterocycles. The number of carbonyl (C=O) groups is 3. The zero-order valence-electron chi connectivity index (χ0n) is 20.9. The van der Waals surface area contributed by atoms with Crippen molar-refractivity contribution >= 4 is 35.0 Å². The van der Waals surface area contributed by atoms with E-state index in [0.29, 0.717) is 0 Å². The number of hydrogen-bond donors (Lipinski definition) is 0. The van der Waals surface area contributed by atoms with Crippen molar-refractivity contribution in [1.29, 1.82) is 0 Å². The van der Waals surface area contributed by atoms with Crippen molar-refractivity contribution in [3.63, 3.8) is 0 Å². The minimum atomic E-state index is -1.10. The van der Waals surface area contributed by atoms with E-state index in [4.69, 9.17) is 14.2 Å². The van der Waals surface area contributed by atoms with E-state index in [1.807, 2.05) is 0 Å². The molecule has 0 aliphatic carbocycles. The van der Waals surface area contributed by atoms with Crippen LogP contribution in [0.25, 0.3) is 0 Å². The van der Waals surface area contributed by atoms with Gasteiger partial charge >= 0.3 is 17.9 Å². The van der Waals surface area contributed by atoms with Crippen LogP contribution in [0.2, 0.25) is 0 Å². The third-order valence-corrected chi connectivity index (χ3v) is 5.41. The van der Waals surface area contributed by atoms with Crippen molar-refractivity contribution < 1.29 is 43.4 Å². The van der Waals surface area contributed by atoms with Crippen LogP contribution in [0.3, 0.4) is 0 Å². The van der Waals surface area contributed by atoms with E-state index in [-0.39, 0.29) is 39.6 Å². The van der Waals surface area contributed by atoms with Gasteiger partial charge < -0.3 is 14.2 Å². The molecule has 15 nitrogen and oxygen atoms in total. The molecular weight excluding hydrogens is 558 g/mol. The normalized spacial score (nSPS) is 10.3.